The first-order valence-electron chi connectivity index (χ1n) is 25.7. The molecule has 73 heavy (non-hydrogen) atoms. The number of aliphatic hydroxyl groups excluding tert-OH is 3. The van der Waals surface area contributed by atoms with Crippen molar-refractivity contribution >= 4 is 33.4 Å². The number of nitrogen functional groups attached to an aromatic ring is 1. The zero-order chi connectivity index (χ0) is 53.6. The molecule has 0 amide bonds. The number of rotatable bonds is 41. The average molecular weight is 1070 g/mol. The second kappa shape index (κ2) is 39.3. The van der Waals surface area contributed by atoms with Crippen molar-refractivity contribution in [3.8, 4) is 0 Å². The van der Waals surface area contributed by atoms with Crippen molar-refractivity contribution in [2.45, 2.75) is 185 Å². The lowest BCUT2D eigenvalue weighted by atomic mass is 10.1. The van der Waals surface area contributed by atoms with E-state index in [1.807, 2.05) is 54.7 Å². The number of carbonyl (C=O) groups is 2. The van der Waals surface area contributed by atoms with E-state index in [9.17, 15) is 48.6 Å². The van der Waals surface area contributed by atoms with E-state index in [2.05, 4.69) is 47.4 Å². The van der Waals surface area contributed by atoms with Crippen LogP contribution in [0.25, 0.3) is 0 Å². The number of nitrogens with two attached hydrogens (primary N) is 1. The summed E-state index contributed by atoms with van der Waals surface area (Å²) in [6.45, 7) is 1.87. The average Bonchev–Trinajstić information content (AvgIpc) is 3.62. The number of nitrogens with zero attached hydrogens (tertiary/aromatic N) is 2. The van der Waals surface area contributed by atoms with Gasteiger partial charge in [-0.05, 0) is 76.7 Å². The molecule has 1 aromatic heterocycles. The van der Waals surface area contributed by atoms with Crippen LogP contribution in [0.4, 0.5) is 5.82 Å². The Kier molecular flexibility index (Phi) is 35.0. The van der Waals surface area contributed by atoms with E-state index in [-0.39, 0.29) is 18.7 Å². The van der Waals surface area contributed by atoms with Gasteiger partial charge < -0.3 is 45.1 Å². The third-order valence-corrected chi connectivity index (χ3v) is 13.7. The molecule has 412 valence electrons. The van der Waals surface area contributed by atoms with E-state index in [0.29, 0.717) is 32.1 Å². The molecular weight excluding hydrogens is 985 g/mol. The topological polar surface area (TPSA) is 286 Å². The predicted molar refractivity (Wildman–Crippen MR) is 281 cm³/mol. The third-order valence-electron chi connectivity index (χ3n) is 11.1. The van der Waals surface area contributed by atoms with Crippen LogP contribution < -0.4 is 11.4 Å². The number of allylic oxidation sites excluding steroid dienone is 12. The molecule has 3 unspecified atom stereocenters. The second-order valence-corrected chi connectivity index (χ2v) is 20.5. The monoisotopic (exact) mass is 1070 g/mol. The maximum Gasteiger partial charge on any atom is 0.481 e. The minimum absolute atomic E-state index is 0.0150. The van der Waals surface area contributed by atoms with Crippen molar-refractivity contribution in [1.29, 1.82) is 0 Å². The normalized spacial score (nSPS) is 20.1. The van der Waals surface area contributed by atoms with Gasteiger partial charge in [-0.2, -0.15) is 9.29 Å². The standard InChI is InChI=1S/C52H83N3O16P2/c1-3-5-7-9-11-12-13-14-15-16-17-22-25-29-33-37-48(58)69-44(40-66-47(57)36-32-28-24-21-19-18-20-23-27-31-35-43(56)34-30-26-10-8-6-4-2)41-67-72(62,63)71-73(64,65)68-42-45-49(59)50(60)51(70-45)55-39-38-46(53)54-52(55)61/h6,8,12-13,18-19,23-24,26-28,30-31,35,38-39,43-45,49-51,56,59-60H,3-5,7,9-11,14-17,20-22,25,29,32-34,36-37,40-42H2,1-2H3,(H,62,63)(H,64,65)(H2,53,54,61)/b8-6-,13-12-,19-18-,27-23-,28-24-,30-26-,35-31+/t43?,44-,45-,49-,50-,51-/m1/s1. The Morgan fingerprint density at radius 1 is 0.740 bits per heavy atom. The number of phosphoric ester groups is 2. The van der Waals surface area contributed by atoms with Crippen LogP contribution in [0, 0.1) is 0 Å². The lowest BCUT2D eigenvalue weighted by Crippen LogP contribution is -2.36. The summed E-state index contributed by atoms with van der Waals surface area (Å²) in [6.07, 6.45) is 38.4. The predicted octanol–water partition coefficient (Wildman–Crippen LogP) is 9.64. The number of phosphoric acid groups is 2. The molecule has 19 nitrogen and oxygen atoms in total. The zero-order valence-electron chi connectivity index (χ0n) is 42.8. The first kappa shape index (κ1) is 65.0. The van der Waals surface area contributed by atoms with Gasteiger partial charge in [0, 0.05) is 19.0 Å². The van der Waals surface area contributed by atoms with Crippen LogP contribution in [0.2, 0.25) is 0 Å². The van der Waals surface area contributed by atoms with Gasteiger partial charge in [0.1, 0.15) is 30.7 Å². The minimum Gasteiger partial charge on any atom is -0.462 e. The summed E-state index contributed by atoms with van der Waals surface area (Å²) < 4.78 is 56.7. The molecular formula is C52H83N3O16P2. The Bertz CT molecular complexity index is 2070. The molecule has 7 N–H and O–H groups in total. The smallest absolute Gasteiger partial charge is 0.462 e. The van der Waals surface area contributed by atoms with Gasteiger partial charge in [-0.1, -0.05) is 150 Å². The van der Waals surface area contributed by atoms with E-state index in [0.717, 1.165) is 75.0 Å². The fraction of sp³-hybridized carbons (Fsp3) is 0.615. The van der Waals surface area contributed by atoms with Crippen LogP contribution >= 0.6 is 15.6 Å². The Morgan fingerprint density at radius 2 is 1.34 bits per heavy atom. The number of hydrogen-bond donors (Lipinski definition) is 6. The second-order valence-electron chi connectivity index (χ2n) is 17.5. The molecule has 21 heteroatoms. The van der Waals surface area contributed by atoms with Gasteiger partial charge in [-0.25, -0.2) is 13.9 Å². The number of hydrogen-bond acceptors (Lipinski definition) is 16. The summed E-state index contributed by atoms with van der Waals surface area (Å²) in [5.41, 5.74) is 4.58. The maximum absolute atomic E-state index is 12.9. The van der Waals surface area contributed by atoms with Crippen molar-refractivity contribution in [3.63, 3.8) is 0 Å². The Morgan fingerprint density at radius 3 is 2.03 bits per heavy atom. The van der Waals surface area contributed by atoms with Crippen LogP contribution in [0.5, 0.6) is 0 Å². The molecule has 1 fully saturated rings. The van der Waals surface area contributed by atoms with E-state index in [4.69, 9.17) is 29.0 Å². The fourth-order valence-corrected chi connectivity index (χ4v) is 9.17. The Hall–Kier alpha value is -4.10. The number of unbranched alkanes of at least 4 members (excludes halogenated alkanes) is 11. The highest BCUT2D eigenvalue weighted by atomic mass is 31.3. The number of ether oxygens (including phenoxy) is 3. The number of carbonyl (C=O) groups excluding carboxylic acids is 2. The van der Waals surface area contributed by atoms with Gasteiger partial charge in [0.05, 0.1) is 19.3 Å². The van der Waals surface area contributed by atoms with Gasteiger partial charge in [0.2, 0.25) is 0 Å². The molecule has 0 aromatic carbocycles. The molecule has 0 spiro atoms. The van der Waals surface area contributed by atoms with Crippen molar-refractivity contribution in [1.82, 2.24) is 9.55 Å². The summed E-state index contributed by atoms with van der Waals surface area (Å²) in [5.74, 6) is -1.44. The van der Waals surface area contributed by atoms with E-state index < -0.39 is 89.8 Å². The van der Waals surface area contributed by atoms with Gasteiger partial charge in [-0.15, -0.1) is 0 Å². The third kappa shape index (κ3) is 32.1. The summed E-state index contributed by atoms with van der Waals surface area (Å²) in [6, 6.07) is 1.24. The van der Waals surface area contributed by atoms with E-state index in [1.54, 1.807) is 6.08 Å². The summed E-state index contributed by atoms with van der Waals surface area (Å²) in [5, 5.41) is 31.0. The lowest BCUT2D eigenvalue weighted by molar-refractivity contribution is -0.161. The Balaban J connectivity index is 1.84. The van der Waals surface area contributed by atoms with Gasteiger partial charge in [0.15, 0.2) is 12.3 Å². The highest BCUT2D eigenvalue weighted by Gasteiger charge is 2.46. The number of anilines is 1. The first-order valence-corrected chi connectivity index (χ1v) is 28.7. The van der Waals surface area contributed by atoms with Gasteiger partial charge in [-0.3, -0.25) is 23.2 Å². The molecule has 2 rings (SSSR count). The Labute approximate surface area is 431 Å². The molecule has 0 bridgehead atoms. The minimum atomic E-state index is -5.45. The van der Waals surface area contributed by atoms with Crippen molar-refractivity contribution in [2.24, 2.45) is 0 Å². The molecule has 0 aliphatic carbocycles. The van der Waals surface area contributed by atoms with Gasteiger partial charge in [0.25, 0.3) is 0 Å². The molecule has 1 saturated heterocycles. The molecule has 1 aliphatic heterocycles. The van der Waals surface area contributed by atoms with Crippen LogP contribution in [0.1, 0.15) is 155 Å². The van der Waals surface area contributed by atoms with Crippen molar-refractivity contribution < 1.29 is 71.4 Å². The number of aromatic nitrogens is 2. The zero-order valence-corrected chi connectivity index (χ0v) is 44.6. The quantitative estimate of drug-likeness (QED) is 0.0117. The summed E-state index contributed by atoms with van der Waals surface area (Å²) in [7, 11) is -10.9. The first-order chi connectivity index (χ1) is 35.1. The largest absolute Gasteiger partial charge is 0.481 e. The van der Waals surface area contributed by atoms with Crippen molar-refractivity contribution in [2.75, 3.05) is 25.6 Å². The molecule has 0 saturated carbocycles. The molecule has 1 aromatic rings. The van der Waals surface area contributed by atoms with Crippen molar-refractivity contribution in [3.05, 3.63) is 108 Å². The fourth-order valence-electron chi connectivity index (χ4n) is 7.06. The van der Waals surface area contributed by atoms with Gasteiger partial charge >= 0.3 is 33.3 Å². The molecule has 1 aliphatic rings. The van der Waals surface area contributed by atoms with E-state index >= 15 is 0 Å². The number of aliphatic hydroxyl groups is 3. The highest BCUT2D eigenvalue weighted by molar-refractivity contribution is 7.61. The summed E-state index contributed by atoms with van der Waals surface area (Å²) >= 11 is 0. The van der Waals surface area contributed by atoms with E-state index in [1.165, 1.54) is 31.7 Å². The van der Waals surface area contributed by atoms with Crippen LogP contribution in [-0.2, 0) is 46.3 Å². The molecule has 8 atom stereocenters. The SMILES string of the molecule is CC/C=C\C/C=C\CC(O)/C=C/C=C\C/C=C\C/C=C\CCC(=O)OC[C@H](COP(=O)(O)OP(=O)(O)OC[C@H]1O[C@@H](n2ccc(N)nc2=O)[C@H](O)[C@@H]1O)OC(=O)CCCCCCCCC/C=C\CCCCCC. The highest BCUT2D eigenvalue weighted by Crippen LogP contribution is 2.60. The van der Waals surface area contributed by atoms with Crippen LogP contribution in [0.15, 0.2) is 102 Å². The number of esters is 2. The molecule has 2 heterocycles. The molecule has 0 radical (unpaired) electrons. The van der Waals surface area contributed by atoms with Crippen LogP contribution in [-0.4, -0.2) is 96.9 Å². The summed E-state index contributed by atoms with van der Waals surface area (Å²) in [4.78, 5) is 61.9. The van der Waals surface area contributed by atoms with Crippen LogP contribution in [0.3, 0.4) is 0 Å². The maximum atomic E-state index is 12.9. The lowest BCUT2D eigenvalue weighted by Gasteiger charge is -2.21.